The summed E-state index contributed by atoms with van der Waals surface area (Å²) in [7, 11) is 2.06. The zero-order valence-corrected chi connectivity index (χ0v) is 10.0. The molecule has 3 nitrogen and oxygen atoms in total. The average molecular weight is 227 g/mol. The molecule has 1 saturated heterocycles. The van der Waals surface area contributed by atoms with Gasteiger partial charge in [-0.05, 0) is 18.5 Å². The van der Waals surface area contributed by atoms with Crippen LogP contribution < -0.4 is 5.32 Å². The van der Waals surface area contributed by atoms with Crippen molar-refractivity contribution in [2.45, 2.75) is 18.4 Å². The SMILES string of the molecule is Cn1cncc1C1NCCC1c1ccccc1. The fourth-order valence-electron chi connectivity index (χ4n) is 2.74. The number of nitrogens with one attached hydrogen (secondary N) is 1. The zero-order valence-electron chi connectivity index (χ0n) is 10.0. The molecule has 1 aliphatic heterocycles. The smallest absolute Gasteiger partial charge is 0.0946 e. The molecule has 0 spiro atoms. The van der Waals surface area contributed by atoms with E-state index >= 15 is 0 Å². The third-order valence-corrected chi connectivity index (χ3v) is 3.62. The Labute approximate surface area is 101 Å². The molecule has 17 heavy (non-hydrogen) atoms. The Hall–Kier alpha value is -1.61. The van der Waals surface area contributed by atoms with Gasteiger partial charge in [-0.1, -0.05) is 30.3 Å². The third-order valence-electron chi connectivity index (χ3n) is 3.62. The third kappa shape index (κ3) is 1.87. The predicted molar refractivity (Wildman–Crippen MR) is 67.8 cm³/mol. The maximum atomic E-state index is 4.22. The molecule has 0 amide bonds. The Kier molecular flexibility index (Phi) is 2.69. The van der Waals surface area contributed by atoms with Crippen LogP contribution in [0.5, 0.6) is 0 Å². The molecule has 0 saturated carbocycles. The Bertz CT molecular complexity index is 489. The van der Waals surface area contributed by atoms with Crippen LogP contribution in [0.1, 0.15) is 29.6 Å². The standard InChI is InChI=1S/C14H17N3/c1-17-10-15-9-13(17)14-12(7-8-16-14)11-5-3-2-4-6-11/h2-6,9-10,12,14,16H,7-8H2,1H3. The van der Waals surface area contributed by atoms with Crippen molar-refractivity contribution in [1.29, 1.82) is 0 Å². The first-order valence-electron chi connectivity index (χ1n) is 6.11. The Morgan fingerprint density at radius 2 is 2.12 bits per heavy atom. The second-order valence-corrected chi connectivity index (χ2v) is 4.67. The number of rotatable bonds is 2. The van der Waals surface area contributed by atoms with Crippen LogP contribution in [0, 0.1) is 0 Å². The average Bonchev–Trinajstić information content (AvgIpc) is 2.98. The van der Waals surface area contributed by atoms with Gasteiger partial charge in [-0.2, -0.15) is 0 Å². The van der Waals surface area contributed by atoms with E-state index in [1.165, 1.54) is 17.7 Å². The van der Waals surface area contributed by atoms with Gasteiger partial charge in [-0.3, -0.25) is 0 Å². The minimum absolute atomic E-state index is 0.393. The number of imidazole rings is 1. The lowest BCUT2D eigenvalue weighted by Crippen LogP contribution is -2.19. The van der Waals surface area contributed by atoms with E-state index in [0.29, 0.717) is 12.0 Å². The molecule has 2 atom stereocenters. The van der Waals surface area contributed by atoms with Gasteiger partial charge in [-0.15, -0.1) is 0 Å². The van der Waals surface area contributed by atoms with Crippen LogP contribution in [0.15, 0.2) is 42.9 Å². The molecular weight excluding hydrogens is 210 g/mol. The van der Waals surface area contributed by atoms with E-state index in [1.807, 2.05) is 12.5 Å². The summed E-state index contributed by atoms with van der Waals surface area (Å²) in [6, 6.07) is 11.2. The number of benzene rings is 1. The van der Waals surface area contributed by atoms with Crippen LogP contribution in [0.3, 0.4) is 0 Å². The van der Waals surface area contributed by atoms with Crippen molar-refractivity contribution in [3.8, 4) is 0 Å². The van der Waals surface area contributed by atoms with Crippen LogP contribution in [-0.2, 0) is 7.05 Å². The minimum atomic E-state index is 0.393. The molecule has 2 aromatic rings. The lowest BCUT2D eigenvalue weighted by Gasteiger charge is -2.20. The number of hydrogen-bond acceptors (Lipinski definition) is 2. The molecule has 1 aromatic heterocycles. The molecule has 1 fully saturated rings. The molecule has 3 rings (SSSR count). The summed E-state index contributed by atoms with van der Waals surface area (Å²) in [5.74, 6) is 0.562. The summed E-state index contributed by atoms with van der Waals surface area (Å²) < 4.78 is 2.11. The predicted octanol–water partition coefficient (Wildman–Crippen LogP) is 2.24. The topological polar surface area (TPSA) is 29.9 Å². The highest BCUT2D eigenvalue weighted by molar-refractivity contribution is 5.26. The largest absolute Gasteiger partial charge is 0.336 e. The van der Waals surface area contributed by atoms with Gasteiger partial charge in [-0.25, -0.2) is 4.98 Å². The second kappa shape index (κ2) is 4.34. The molecular formula is C14H17N3. The summed E-state index contributed by atoms with van der Waals surface area (Å²) in [6.45, 7) is 1.08. The van der Waals surface area contributed by atoms with E-state index in [9.17, 15) is 0 Å². The van der Waals surface area contributed by atoms with Crippen LogP contribution in [0.25, 0.3) is 0 Å². The van der Waals surface area contributed by atoms with Gasteiger partial charge in [0, 0.05) is 19.2 Å². The van der Waals surface area contributed by atoms with Gasteiger partial charge < -0.3 is 9.88 Å². The molecule has 88 valence electrons. The quantitative estimate of drug-likeness (QED) is 0.852. The first kappa shape index (κ1) is 10.5. The molecule has 1 aliphatic rings. The highest BCUT2D eigenvalue weighted by atomic mass is 15.1. The maximum absolute atomic E-state index is 4.22. The summed E-state index contributed by atoms with van der Waals surface area (Å²) in [4.78, 5) is 4.22. The molecule has 2 heterocycles. The first-order valence-corrected chi connectivity index (χ1v) is 6.11. The van der Waals surface area contributed by atoms with Gasteiger partial charge in [0.05, 0.1) is 18.1 Å². The van der Waals surface area contributed by atoms with E-state index in [1.54, 1.807) is 0 Å². The lowest BCUT2D eigenvalue weighted by molar-refractivity contribution is 0.543. The molecule has 0 aliphatic carbocycles. The Morgan fingerprint density at radius 1 is 1.29 bits per heavy atom. The summed E-state index contributed by atoms with van der Waals surface area (Å²) in [6.07, 6.45) is 5.04. The van der Waals surface area contributed by atoms with E-state index in [2.05, 4.69) is 52.2 Å². The molecule has 3 heteroatoms. The maximum Gasteiger partial charge on any atom is 0.0946 e. The van der Waals surface area contributed by atoms with Crippen LogP contribution in [-0.4, -0.2) is 16.1 Å². The van der Waals surface area contributed by atoms with Crippen LogP contribution >= 0.6 is 0 Å². The number of aromatic nitrogens is 2. The number of hydrogen-bond donors (Lipinski definition) is 1. The zero-order chi connectivity index (χ0) is 11.7. The summed E-state index contributed by atoms with van der Waals surface area (Å²) in [5, 5.41) is 3.59. The highest BCUT2D eigenvalue weighted by Gasteiger charge is 2.30. The van der Waals surface area contributed by atoms with E-state index < -0.39 is 0 Å². The first-order chi connectivity index (χ1) is 8.36. The summed E-state index contributed by atoms with van der Waals surface area (Å²) >= 11 is 0. The summed E-state index contributed by atoms with van der Waals surface area (Å²) in [5.41, 5.74) is 2.69. The van der Waals surface area contributed by atoms with Gasteiger partial charge >= 0.3 is 0 Å². The normalized spacial score (nSPS) is 24.1. The van der Waals surface area contributed by atoms with Crippen molar-refractivity contribution in [1.82, 2.24) is 14.9 Å². The molecule has 2 unspecified atom stereocenters. The molecule has 1 aromatic carbocycles. The number of nitrogens with zero attached hydrogens (tertiary/aromatic N) is 2. The Morgan fingerprint density at radius 3 is 2.82 bits per heavy atom. The fraction of sp³-hybridized carbons (Fsp3) is 0.357. The van der Waals surface area contributed by atoms with E-state index in [0.717, 1.165) is 6.54 Å². The lowest BCUT2D eigenvalue weighted by atomic mass is 9.90. The van der Waals surface area contributed by atoms with Gasteiger partial charge in [0.15, 0.2) is 0 Å². The van der Waals surface area contributed by atoms with Gasteiger partial charge in [0.25, 0.3) is 0 Å². The van der Waals surface area contributed by atoms with Crippen molar-refractivity contribution in [2.24, 2.45) is 7.05 Å². The van der Waals surface area contributed by atoms with Crippen molar-refractivity contribution in [3.63, 3.8) is 0 Å². The molecule has 0 radical (unpaired) electrons. The second-order valence-electron chi connectivity index (χ2n) is 4.67. The highest BCUT2D eigenvalue weighted by Crippen LogP contribution is 2.37. The Balaban J connectivity index is 1.93. The van der Waals surface area contributed by atoms with Crippen molar-refractivity contribution in [2.75, 3.05) is 6.54 Å². The minimum Gasteiger partial charge on any atom is -0.336 e. The van der Waals surface area contributed by atoms with Crippen molar-refractivity contribution < 1.29 is 0 Å². The van der Waals surface area contributed by atoms with E-state index in [4.69, 9.17) is 0 Å². The van der Waals surface area contributed by atoms with Gasteiger partial charge in [0.1, 0.15) is 0 Å². The molecule has 1 N–H and O–H groups in total. The van der Waals surface area contributed by atoms with Crippen LogP contribution in [0.2, 0.25) is 0 Å². The monoisotopic (exact) mass is 227 g/mol. The molecule has 0 bridgehead atoms. The van der Waals surface area contributed by atoms with Crippen LogP contribution in [0.4, 0.5) is 0 Å². The van der Waals surface area contributed by atoms with Crippen molar-refractivity contribution in [3.05, 3.63) is 54.1 Å². The van der Waals surface area contributed by atoms with E-state index in [-0.39, 0.29) is 0 Å². The van der Waals surface area contributed by atoms with Crippen molar-refractivity contribution >= 4 is 0 Å². The fourth-order valence-corrected chi connectivity index (χ4v) is 2.74. The van der Waals surface area contributed by atoms with Gasteiger partial charge in [0.2, 0.25) is 0 Å². The number of aryl methyl sites for hydroxylation is 1.